The molecule has 0 amide bonds. The first-order chi connectivity index (χ1) is 4.93. The Balaban J connectivity index is 2.15. The van der Waals surface area contributed by atoms with Crippen molar-refractivity contribution in [1.82, 2.24) is 9.55 Å². The van der Waals surface area contributed by atoms with E-state index >= 15 is 0 Å². The number of hydrogen-bond donors (Lipinski definition) is 0. The molecule has 0 unspecified atom stereocenters. The number of halogens is 1. The van der Waals surface area contributed by atoms with Gasteiger partial charge in [0.2, 0.25) is 0 Å². The first-order valence-electron chi connectivity index (χ1n) is 3.45. The minimum absolute atomic E-state index is 1.09. The van der Waals surface area contributed by atoms with E-state index in [0.717, 1.165) is 11.9 Å². The van der Waals surface area contributed by atoms with Crippen molar-refractivity contribution >= 4 is 15.9 Å². The van der Waals surface area contributed by atoms with Crippen LogP contribution in [-0.4, -0.2) is 14.9 Å². The predicted octanol–water partition coefficient (Wildman–Crippen LogP) is 2.06. The topological polar surface area (TPSA) is 17.8 Å². The molecule has 0 aromatic carbocycles. The summed E-state index contributed by atoms with van der Waals surface area (Å²) >= 11 is 3.39. The van der Waals surface area contributed by atoms with Crippen LogP contribution in [0.3, 0.4) is 0 Å². The van der Waals surface area contributed by atoms with E-state index < -0.39 is 0 Å². The van der Waals surface area contributed by atoms with Crippen LogP contribution >= 0.6 is 15.9 Å². The predicted molar refractivity (Wildman–Crippen MR) is 45.3 cm³/mol. The highest BCUT2D eigenvalue weighted by Gasteiger charge is 1.87. The standard InChI is InChI=1S/C7H11BrN2/c8-3-1-2-5-10-6-4-9-7-10/h4,6-7H,1-3,5H2. The van der Waals surface area contributed by atoms with Crippen LogP contribution in [0.25, 0.3) is 0 Å². The van der Waals surface area contributed by atoms with Gasteiger partial charge in [0.25, 0.3) is 0 Å². The average molecular weight is 203 g/mol. The lowest BCUT2D eigenvalue weighted by Gasteiger charge is -1.98. The van der Waals surface area contributed by atoms with Crippen molar-refractivity contribution in [3.63, 3.8) is 0 Å². The third-order valence-electron chi connectivity index (χ3n) is 1.36. The lowest BCUT2D eigenvalue weighted by Crippen LogP contribution is -1.93. The van der Waals surface area contributed by atoms with Crippen molar-refractivity contribution in [3.05, 3.63) is 18.7 Å². The maximum absolute atomic E-state index is 3.95. The minimum Gasteiger partial charge on any atom is -0.337 e. The molecule has 0 N–H and O–H groups in total. The number of aromatic nitrogens is 2. The minimum atomic E-state index is 1.09. The normalized spacial score (nSPS) is 10.1. The summed E-state index contributed by atoms with van der Waals surface area (Å²) in [6, 6.07) is 0. The fourth-order valence-corrected chi connectivity index (χ4v) is 1.20. The lowest BCUT2D eigenvalue weighted by molar-refractivity contribution is 0.635. The van der Waals surface area contributed by atoms with E-state index in [9.17, 15) is 0 Å². The second kappa shape index (κ2) is 4.50. The van der Waals surface area contributed by atoms with Crippen LogP contribution in [0.2, 0.25) is 0 Å². The summed E-state index contributed by atoms with van der Waals surface area (Å²) in [5.41, 5.74) is 0. The first kappa shape index (κ1) is 7.79. The van der Waals surface area contributed by atoms with Gasteiger partial charge in [0, 0.05) is 24.3 Å². The molecule has 0 spiro atoms. The molecule has 0 atom stereocenters. The summed E-state index contributed by atoms with van der Waals surface area (Å²) in [6.07, 6.45) is 8.12. The van der Waals surface area contributed by atoms with E-state index in [4.69, 9.17) is 0 Å². The molecule has 0 aliphatic rings. The molecule has 0 radical (unpaired) electrons. The highest BCUT2D eigenvalue weighted by molar-refractivity contribution is 9.09. The summed E-state index contributed by atoms with van der Waals surface area (Å²) in [5, 5.41) is 1.10. The average Bonchev–Trinajstić information content (AvgIpc) is 2.41. The van der Waals surface area contributed by atoms with Crippen molar-refractivity contribution < 1.29 is 0 Å². The number of alkyl halides is 1. The van der Waals surface area contributed by atoms with Crippen molar-refractivity contribution in [2.75, 3.05) is 5.33 Å². The lowest BCUT2D eigenvalue weighted by atomic mass is 10.3. The van der Waals surface area contributed by atoms with Crippen LogP contribution < -0.4 is 0 Å². The van der Waals surface area contributed by atoms with Gasteiger partial charge in [-0.05, 0) is 12.8 Å². The molecule has 0 saturated carbocycles. The van der Waals surface area contributed by atoms with Crippen LogP contribution in [0, 0.1) is 0 Å². The Morgan fingerprint density at radius 1 is 1.40 bits per heavy atom. The maximum Gasteiger partial charge on any atom is 0.0945 e. The van der Waals surface area contributed by atoms with E-state index in [1.807, 2.05) is 18.7 Å². The van der Waals surface area contributed by atoms with Gasteiger partial charge in [-0.3, -0.25) is 0 Å². The molecule has 56 valence electrons. The molecule has 0 fully saturated rings. The Morgan fingerprint density at radius 2 is 2.30 bits per heavy atom. The van der Waals surface area contributed by atoms with Gasteiger partial charge in [-0.25, -0.2) is 4.98 Å². The van der Waals surface area contributed by atoms with Gasteiger partial charge in [-0.15, -0.1) is 0 Å². The molecule has 1 aromatic heterocycles. The highest BCUT2D eigenvalue weighted by Crippen LogP contribution is 1.97. The van der Waals surface area contributed by atoms with Crippen molar-refractivity contribution in [2.24, 2.45) is 0 Å². The number of hydrogen-bond acceptors (Lipinski definition) is 1. The van der Waals surface area contributed by atoms with E-state index in [0.29, 0.717) is 0 Å². The highest BCUT2D eigenvalue weighted by atomic mass is 79.9. The SMILES string of the molecule is BrCCCCn1ccnc1. The summed E-state index contributed by atoms with van der Waals surface area (Å²) in [6.45, 7) is 1.09. The fraction of sp³-hybridized carbons (Fsp3) is 0.571. The number of nitrogens with zero attached hydrogens (tertiary/aromatic N) is 2. The van der Waals surface area contributed by atoms with Gasteiger partial charge in [0.1, 0.15) is 0 Å². The van der Waals surface area contributed by atoms with E-state index in [1.165, 1.54) is 12.8 Å². The van der Waals surface area contributed by atoms with Gasteiger partial charge in [0.05, 0.1) is 6.33 Å². The molecule has 2 nitrogen and oxygen atoms in total. The number of aryl methyl sites for hydroxylation is 1. The smallest absolute Gasteiger partial charge is 0.0945 e. The Kier molecular flexibility index (Phi) is 3.50. The van der Waals surface area contributed by atoms with Crippen LogP contribution in [0.5, 0.6) is 0 Å². The molecule has 0 saturated heterocycles. The second-order valence-electron chi connectivity index (χ2n) is 2.20. The Labute approximate surface area is 69.4 Å². The summed E-state index contributed by atoms with van der Waals surface area (Å²) in [7, 11) is 0. The molecule has 1 heterocycles. The van der Waals surface area contributed by atoms with Gasteiger partial charge in [-0.1, -0.05) is 15.9 Å². The zero-order valence-electron chi connectivity index (χ0n) is 5.83. The number of imidazole rings is 1. The molecular weight excluding hydrogens is 192 g/mol. The Hall–Kier alpha value is -0.310. The summed E-state index contributed by atoms with van der Waals surface area (Å²) < 4.78 is 2.10. The van der Waals surface area contributed by atoms with Crippen LogP contribution in [0.1, 0.15) is 12.8 Å². The molecule has 1 rings (SSSR count). The Bertz CT molecular complexity index is 160. The monoisotopic (exact) mass is 202 g/mol. The zero-order chi connectivity index (χ0) is 7.23. The summed E-state index contributed by atoms with van der Waals surface area (Å²) in [4.78, 5) is 3.95. The third-order valence-corrected chi connectivity index (χ3v) is 1.92. The van der Waals surface area contributed by atoms with Crippen LogP contribution in [-0.2, 0) is 6.54 Å². The molecule has 0 aliphatic heterocycles. The van der Waals surface area contributed by atoms with Gasteiger partial charge in [0.15, 0.2) is 0 Å². The van der Waals surface area contributed by atoms with Gasteiger partial charge in [-0.2, -0.15) is 0 Å². The Morgan fingerprint density at radius 3 is 2.90 bits per heavy atom. The third kappa shape index (κ3) is 2.52. The first-order valence-corrected chi connectivity index (χ1v) is 4.57. The maximum atomic E-state index is 3.95. The molecular formula is C7H11BrN2. The van der Waals surface area contributed by atoms with E-state index in [1.54, 1.807) is 0 Å². The second-order valence-corrected chi connectivity index (χ2v) is 2.99. The molecule has 0 aliphatic carbocycles. The quantitative estimate of drug-likeness (QED) is 0.541. The van der Waals surface area contributed by atoms with E-state index in [-0.39, 0.29) is 0 Å². The van der Waals surface area contributed by atoms with Crippen molar-refractivity contribution in [2.45, 2.75) is 19.4 Å². The number of rotatable bonds is 4. The van der Waals surface area contributed by atoms with Crippen molar-refractivity contribution in [3.8, 4) is 0 Å². The van der Waals surface area contributed by atoms with Gasteiger partial charge >= 0.3 is 0 Å². The molecule has 1 aromatic rings. The van der Waals surface area contributed by atoms with Gasteiger partial charge < -0.3 is 4.57 Å². The molecule has 10 heavy (non-hydrogen) atoms. The van der Waals surface area contributed by atoms with Crippen LogP contribution in [0.15, 0.2) is 18.7 Å². The van der Waals surface area contributed by atoms with Crippen LogP contribution in [0.4, 0.5) is 0 Å². The molecule has 0 bridgehead atoms. The van der Waals surface area contributed by atoms with Crippen molar-refractivity contribution in [1.29, 1.82) is 0 Å². The molecule has 3 heteroatoms. The fourth-order valence-electron chi connectivity index (χ4n) is 0.808. The summed E-state index contributed by atoms with van der Waals surface area (Å²) in [5.74, 6) is 0. The largest absolute Gasteiger partial charge is 0.337 e. The number of unbranched alkanes of at least 4 members (excludes halogenated alkanes) is 1. The van der Waals surface area contributed by atoms with E-state index in [2.05, 4.69) is 25.5 Å². The zero-order valence-corrected chi connectivity index (χ0v) is 7.42.